The van der Waals surface area contributed by atoms with Gasteiger partial charge in [-0.3, -0.25) is 4.79 Å². The maximum absolute atomic E-state index is 10.6. The molecule has 2 unspecified atom stereocenters. The monoisotopic (exact) mass is 252 g/mol. The summed E-state index contributed by atoms with van der Waals surface area (Å²) in [5.74, 6) is -0.926. The SMILES string of the molecule is CC(NCC(O)c1ccc(N(C)C)cc1)C(=O)O. The Morgan fingerprint density at radius 3 is 2.33 bits per heavy atom. The molecule has 18 heavy (non-hydrogen) atoms. The molecule has 0 fully saturated rings. The normalized spacial score (nSPS) is 14.0. The Morgan fingerprint density at radius 1 is 1.33 bits per heavy atom. The van der Waals surface area contributed by atoms with Crippen LogP contribution < -0.4 is 10.2 Å². The molecule has 0 aliphatic heterocycles. The van der Waals surface area contributed by atoms with Crippen LogP contribution in [0.5, 0.6) is 0 Å². The quantitative estimate of drug-likeness (QED) is 0.700. The first-order valence-corrected chi connectivity index (χ1v) is 5.83. The second kappa shape index (κ2) is 6.37. The second-order valence-corrected chi connectivity index (χ2v) is 4.47. The van der Waals surface area contributed by atoms with Crippen molar-refractivity contribution in [3.05, 3.63) is 29.8 Å². The number of hydrogen-bond acceptors (Lipinski definition) is 4. The van der Waals surface area contributed by atoms with E-state index in [1.54, 1.807) is 6.92 Å². The first kappa shape index (κ1) is 14.5. The maximum atomic E-state index is 10.6. The number of aliphatic carboxylic acids is 1. The van der Waals surface area contributed by atoms with Crippen LogP contribution in [0, 0.1) is 0 Å². The number of rotatable bonds is 6. The van der Waals surface area contributed by atoms with Crippen molar-refractivity contribution in [3.8, 4) is 0 Å². The van der Waals surface area contributed by atoms with Crippen molar-refractivity contribution in [2.24, 2.45) is 0 Å². The van der Waals surface area contributed by atoms with Gasteiger partial charge >= 0.3 is 5.97 Å². The Balaban J connectivity index is 2.56. The summed E-state index contributed by atoms with van der Waals surface area (Å²) in [4.78, 5) is 12.6. The van der Waals surface area contributed by atoms with Gasteiger partial charge in [-0.2, -0.15) is 0 Å². The van der Waals surface area contributed by atoms with Crippen molar-refractivity contribution in [1.82, 2.24) is 5.32 Å². The smallest absolute Gasteiger partial charge is 0.320 e. The number of carboxylic acid groups (broad SMARTS) is 1. The van der Waals surface area contributed by atoms with Gasteiger partial charge in [0.2, 0.25) is 0 Å². The number of benzene rings is 1. The molecule has 0 aliphatic carbocycles. The van der Waals surface area contributed by atoms with Crippen LogP contribution >= 0.6 is 0 Å². The van der Waals surface area contributed by atoms with Crippen LogP contribution in [0.4, 0.5) is 5.69 Å². The standard InChI is InChI=1S/C13H20N2O3/c1-9(13(17)18)14-8-12(16)10-4-6-11(7-5-10)15(2)3/h4-7,9,12,14,16H,8H2,1-3H3,(H,17,18). The van der Waals surface area contributed by atoms with Gasteiger partial charge < -0.3 is 20.4 Å². The molecule has 0 heterocycles. The van der Waals surface area contributed by atoms with Crippen LogP contribution in [0.15, 0.2) is 24.3 Å². The van der Waals surface area contributed by atoms with Crippen LogP contribution in [0.2, 0.25) is 0 Å². The fourth-order valence-corrected chi connectivity index (χ4v) is 1.49. The van der Waals surface area contributed by atoms with Gasteiger partial charge in [-0.15, -0.1) is 0 Å². The van der Waals surface area contributed by atoms with Gasteiger partial charge in [0, 0.05) is 26.3 Å². The fraction of sp³-hybridized carbons (Fsp3) is 0.462. The zero-order valence-corrected chi connectivity index (χ0v) is 10.9. The number of carbonyl (C=O) groups is 1. The minimum absolute atomic E-state index is 0.217. The van der Waals surface area contributed by atoms with Crippen molar-refractivity contribution < 1.29 is 15.0 Å². The summed E-state index contributed by atoms with van der Waals surface area (Å²) in [5, 5.41) is 21.4. The van der Waals surface area contributed by atoms with Crippen LogP contribution in [0.3, 0.4) is 0 Å². The zero-order chi connectivity index (χ0) is 13.7. The molecule has 0 radical (unpaired) electrons. The lowest BCUT2D eigenvalue weighted by atomic mass is 10.1. The summed E-state index contributed by atoms with van der Waals surface area (Å²) in [5.41, 5.74) is 1.82. The van der Waals surface area contributed by atoms with Gasteiger partial charge in [-0.25, -0.2) is 0 Å². The van der Waals surface area contributed by atoms with E-state index in [9.17, 15) is 9.90 Å². The molecule has 1 aromatic rings. The van der Waals surface area contributed by atoms with E-state index in [0.29, 0.717) is 0 Å². The van der Waals surface area contributed by atoms with E-state index in [4.69, 9.17) is 5.11 Å². The van der Waals surface area contributed by atoms with Crippen molar-refractivity contribution in [3.63, 3.8) is 0 Å². The van der Waals surface area contributed by atoms with E-state index >= 15 is 0 Å². The number of carboxylic acids is 1. The molecule has 0 saturated heterocycles. The highest BCUT2D eigenvalue weighted by Crippen LogP contribution is 2.17. The summed E-state index contributed by atoms with van der Waals surface area (Å²) < 4.78 is 0. The highest BCUT2D eigenvalue weighted by atomic mass is 16.4. The number of aliphatic hydroxyl groups is 1. The minimum Gasteiger partial charge on any atom is -0.480 e. The summed E-state index contributed by atoms with van der Waals surface area (Å²) in [7, 11) is 3.89. The molecular weight excluding hydrogens is 232 g/mol. The Kier molecular flexibility index (Phi) is 5.12. The van der Waals surface area contributed by atoms with Gasteiger partial charge in [0.15, 0.2) is 0 Å². The third-order valence-electron chi connectivity index (χ3n) is 2.78. The van der Waals surface area contributed by atoms with Gasteiger partial charge in [-0.05, 0) is 24.6 Å². The summed E-state index contributed by atoms with van der Waals surface area (Å²) in [6.45, 7) is 1.76. The Hall–Kier alpha value is -1.59. The first-order valence-electron chi connectivity index (χ1n) is 5.83. The first-order chi connectivity index (χ1) is 8.41. The van der Waals surface area contributed by atoms with Crippen LogP contribution in [-0.4, -0.2) is 42.9 Å². The van der Waals surface area contributed by atoms with Crippen molar-refractivity contribution >= 4 is 11.7 Å². The Labute approximate surface area is 107 Å². The lowest BCUT2D eigenvalue weighted by Gasteiger charge is -2.16. The molecule has 0 aliphatic rings. The molecule has 5 heteroatoms. The van der Waals surface area contributed by atoms with E-state index in [1.165, 1.54) is 0 Å². The van der Waals surface area contributed by atoms with Crippen molar-refractivity contribution in [2.75, 3.05) is 25.5 Å². The predicted molar refractivity (Wildman–Crippen MR) is 70.8 cm³/mol. The molecule has 0 bridgehead atoms. The number of anilines is 1. The molecule has 1 aromatic carbocycles. The molecule has 0 spiro atoms. The van der Waals surface area contributed by atoms with Crippen LogP contribution in [0.25, 0.3) is 0 Å². The number of hydrogen-bond donors (Lipinski definition) is 3. The molecule has 5 nitrogen and oxygen atoms in total. The Morgan fingerprint density at radius 2 is 1.89 bits per heavy atom. The number of nitrogens with one attached hydrogen (secondary N) is 1. The molecule has 100 valence electrons. The molecule has 0 amide bonds. The predicted octanol–water partition coefficient (Wildman–Crippen LogP) is 0.849. The zero-order valence-electron chi connectivity index (χ0n) is 10.9. The minimum atomic E-state index is -0.926. The Bertz CT molecular complexity index is 390. The average Bonchev–Trinajstić information content (AvgIpc) is 2.35. The second-order valence-electron chi connectivity index (χ2n) is 4.47. The van der Waals surface area contributed by atoms with Gasteiger partial charge in [0.25, 0.3) is 0 Å². The van der Waals surface area contributed by atoms with Crippen LogP contribution in [-0.2, 0) is 4.79 Å². The van der Waals surface area contributed by atoms with Crippen LogP contribution in [0.1, 0.15) is 18.6 Å². The third-order valence-corrected chi connectivity index (χ3v) is 2.78. The third kappa shape index (κ3) is 4.01. The summed E-state index contributed by atoms with van der Waals surface area (Å²) in [6.07, 6.45) is -0.706. The maximum Gasteiger partial charge on any atom is 0.320 e. The van der Waals surface area contributed by atoms with Gasteiger partial charge in [-0.1, -0.05) is 12.1 Å². The van der Waals surface area contributed by atoms with E-state index in [-0.39, 0.29) is 6.54 Å². The molecule has 0 saturated carbocycles. The molecular formula is C13H20N2O3. The van der Waals surface area contributed by atoms with E-state index < -0.39 is 18.1 Å². The van der Waals surface area contributed by atoms with E-state index in [2.05, 4.69) is 5.32 Å². The largest absolute Gasteiger partial charge is 0.480 e. The molecule has 2 atom stereocenters. The summed E-state index contributed by atoms with van der Waals surface area (Å²) >= 11 is 0. The van der Waals surface area contributed by atoms with Gasteiger partial charge in [0.1, 0.15) is 6.04 Å². The lowest BCUT2D eigenvalue weighted by Crippen LogP contribution is -2.36. The topological polar surface area (TPSA) is 72.8 Å². The fourth-order valence-electron chi connectivity index (χ4n) is 1.49. The molecule has 1 rings (SSSR count). The number of nitrogens with zero attached hydrogens (tertiary/aromatic N) is 1. The molecule has 0 aromatic heterocycles. The highest BCUT2D eigenvalue weighted by Gasteiger charge is 2.13. The van der Waals surface area contributed by atoms with Crippen molar-refractivity contribution in [2.45, 2.75) is 19.1 Å². The molecule has 3 N–H and O–H groups in total. The highest BCUT2D eigenvalue weighted by molar-refractivity contribution is 5.72. The van der Waals surface area contributed by atoms with E-state index in [0.717, 1.165) is 11.3 Å². The average molecular weight is 252 g/mol. The summed E-state index contributed by atoms with van der Waals surface area (Å²) in [6, 6.07) is 6.85. The van der Waals surface area contributed by atoms with Gasteiger partial charge in [0.05, 0.1) is 6.10 Å². The number of aliphatic hydroxyl groups excluding tert-OH is 1. The van der Waals surface area contributed by atoms with Crippen molar-refractivity contribution in [1.29, 1.82) is 0 Å². The van der Waals surface area contributed by atoms with E-state index in [1.807, 2.05) is 43.3 Å². The lowest BCUT2D eigenvalue weighted by molar-refractivity contribution is -0.139.